The number of carbonyl (C=O) groups excluding carboxylic acids is 1. The molecule has 0 saturated carbocycles. The van der Waals surface area contributed by atoms with E-state index in [2.05, 4.69) is 15.6 Å². The molecule has 2 amide bonds. The smallest absolute Gasteiger partial charge is 0.319 e. The van der Waals surface area contributed by atoms with Crippen molar-refractivity contribution in [3.8, 4) is 5.75 Å². The van der Waals surface area contributed by atoms with Gasteiger partial charge in [0.15, 0.2) is 5.75 Å². The van der Waals surface area contributed by atoms with E-state index in [9.17, 15) is 4.79 Å². The van der Waals surface area contributed by atoms with Crippen molar-refractivity contribution in [2.24, 2.45) is 0 Å². The summed E-state index contributed by atoms with van der Waals surface area (Å²) in [5, 5.41) is 5.99. The molecule has 24 heavy (non-hydrogen) atoms. The molecule has 0 aliphatic heterocycles. The highest BCUT2D eigenvalue weighted by Crippen LogP contribution is 2.32. The largest absolute Gasteiger partial charge is 0.487 e. The van der Waals surface area contributed by atoms with Crippen LogP contribution in [0.2, 0.25) is 5.02 Å². The van der Waals surface area contributed by atoms with Gasteiger partial charge in [0.1, 0.15) is 6.61 Å². The number of nitrogens with zero attached hydrogens (tertiary/aromatic N) is 1. The molecule has 1 atom stereocenters. The summed E-state index contributed by atoms with van der Waals surface area (Å²) in [4.78, 5) is 16.4. The highest BCUT2D eigenvalue weighted by atomic mass is 35.5. The van der Waals surface area contributed by atoms with Gasteiger partial charge < -0.3 is 20.1 Å². The van der Waals surface area contributed by atoms with Gasteiger partial charge in [-0.15, -0.1) is 0 Å². The lowest BCUT2D eigenvalue weighted by molar-refractivity contribution is 0.146. The Labute approximate surface area is 146 Å². The van der Waals surface area contributed by atoms with Crippen molar-refractivity contribution >= 4 is 23.3 Å². The molecular weight excluding hydrogens is 330 g/mol. The third kappa shape index (κ3) is 5.11. The van der Waals surface area contributed by atoms with E-state index in [0.717, 1.165) is 5.69 Å². The summed E-state index contributed by atoms with van der Waals surface area (Å²) in [5.41, 5.74) is 1.26. The van der Waals surface area contributed by atoms with Crippen LogP contribution < -0.4 is 15.4 Å². The van der Waals surface area contributed by atoms with Gasteiger partial charge in [0.25, 0.3) is 0 Å². The van der Waals surface area contributed by atoms with Crippen molar-refractivity contribution in [2.75, 3.05) is 25.6 Å². The number of halogens is 1. The number of amides is 2. The van der Waals surface area contributed by atoms with Gasteiger partial charge in [-0.2, -0.15) is 0 Å². The first-order chi connectivity index (χ1) is 11.6. The van der Waals surface area contributed by atoms with E-state index in [1.807, 2.05) is 25.1 Å². The van der Waals surface area contributed by atoms with Crippen molar-refractivity contribution in [1.29, 1.82) is 0 Å². The minimum absolute atomic E-state index is 0.233. The lowest BCUT2D eigenvalue weighted by Gasteiger charge is -2.17. The maximum absolute atomic E-state index is 12.2. The molecule has 0 bridgehead atoms. The third-order valence-corrected chi connectivity index (χ3v) is 3.53. The maximum Gasteiger partial charge on any atom is 0.319 e. The Morgan fingerprint density at radius 2 is 2.08 bits per heavy atom. The highest BCUT2D eigenvalue weighted by molar-refractivity contribution is 6.32. The van der Waals surface area contributed by atoms with E-state index in [4.69, 9.17) is 21.1 Å². The number of rotatable bonds is 7. The summed E-state index contributed by atoms with van der Waals surface area (Å²) < 4.78 is 10.5. The molecule has 1 aromatic heterocycles. The number of hydrogen-bond acceptors (Lipinski definition) is 4. The van der Waals surface area contributed by atoms with Crippen LogP contribution in [0.5, 0.6) is 5.75 Å². The van der Waals surface area contributed by atoms with Crippen molar-refractivity contribution < 1.29 is 14.3 Å². The quantitative estimate of drug-likeness (QED) is 0.748. The zero-order chi connectivity index (χ0) is 17.4. The number of carbonyl (C=O) groups is 1. The molecule has 0 saturated heterocycles. The maximum atomic E-state index is 12.2. The number of hydrogen-bond donors (Lipinski definition) is 2. The van der Waals surface area contributed by atoms with Gasteiger partial charge in [-0.1, -0.05) is 23.7 Å². The predicted molar refractivity (Wildman–Crippen MR) is 93.6 cm³/mol. The number of methoxy groups -OCH3 is 1. The Kier molecular flexibility index (Phi) is 6.84. The minimum Gasteiger partial charge on any atom is -0.487 e. The second kappa shape index (κ2) is 9.10. The second-order valence-electron chi connectivity index (χ2n) is 5.03. The number of urea groups is 1. The zero-order valence-corrected chi connectivity index (χ0v) is 14.3. The number of para-hydroxylation sites is 1. The molecule has 1 heterocycles. The van der Waals surface area contributed by atoms with Gasteiger partial charge in [-0.05, 0) is 31.2 Å². The van der Waals surface area contributed by atoms with Crippen LogP contribution in [0.3, 0.4) is 0 Å². The molecule has 7 heteroatoms. The summed E-state index contributed by atoms with van der Waals surface area (Å²) in [6.45, 7) is 2.62. The average Bonchev–Trinajstić information content (AvgIpc) is 2.58. The van der Waals surface area contributed by atoms with E-state index in [-0.39, 0.29) is 12.1 Å². The zero-order valence-electron chi connectivity index (χ0n) is 13.6. The first-order valence-electron chi connectivity index (χ1n) is 7.50. The first-order valence-corrected chi connectivity index (χ1v) is 7.88. The van der Waals surface area contributed by atoms with Crippen LogP contribution in [0, 0.1) is 0 Å². The lowest BCUT2D eigenvalue weighted by atomic mass is 10.2. The standard InChI is InChI=1S/C17H20ClN3O3/c1-12(14-7-3-4-9-19-14)20-17(22)21-15-8-5-6-13(18)16(15)24-11-10-23-2/h3-9,12H,10-11H2,1-2H3,(H2,20,21,22). The number of aromatic nitrogens is 1. The molecule has 1 aromatic carbocycles. The van der Waals surface area contributed by atoms with Gasteiger partial charge in [0.2, 0.25) is 0 Å². The molecule has 0 aliphatic rings. The predicted octanol–water partition coefficient (Wildman–Crippen LogP) is 3.64. The van der Waals surface area contributed by atoms with Gasteiger partial charge in [0, 0.05) is 13.3 Å². The summed E-state index contributed by atoms with van der Waals surface area (Å²) in [6, 6.07) is 10.1. The molecule has 0 fully saturated rings. The van der Waals surface area contributed by atoms with E-state index in [1.54, 1.807) is 31.5 Å². The molecule has 2 rings (SSSR count). The number of anilines is 1. The highest BCUT2D eigenvalue weighted by Gasteiger charge is 2.14. The summed E-state index contributed by atoms with van der Waals surface area (Å²) >= 11 is 6.15. The number of pyridine rings is 1. The van der Waals surface area contributed by atoms with Crippen LogP contribution in [0.4, 0.5) is 10.5 Å². The molecular formula is C17H20ClN3O3. The summed E-state index contributed by atoms with van der Waals surface area (Å²) in [5.74, 6) is 0.414. The van der Waals surface area contributed by atoms with Crippen LogP contribution in [0.15, 0.2) is 42.6 Å². The van der Waals surface area contributed by atoms with Crippen LogP contribution >= 0.6 is 11.6 Å². The normalized spacial score (nSPS) is 11.6. The van der Waals surface area contributed by atoms with Gasteiger partial charge in [0.05, 0.1) is 29.1 Å². The number of ether oxygens (including phenoxy) is 2. The van der Waals surface area contributed by atoms with E-state index in [1.165, 1.54) is 0 Å². The van der Waals surface area contributed by atoms with Crippen molar-refractivity contribution in [3.05, 3.63) is 53.3 Å². The first kappa shape index (κ1) is 18.0. The van der Waals surface area contributed by atoms with Crippen molar-refractivity contribution in [3.63, 3.8) is 0 Å². The van der Waals surface area contributed by atoms with Crippen LogP contribution in [-0.2, 0) is 4.74 Å². The number of benzene rings is 1. The van der Waals surface area contributed by atoms with Gasteiger partial charge in [-0.3, -0.25) is 4.98 Å². The Morgan fingerprint density at radius 1 is 1.25 bits per heavy atom. The molecule has 0 aliphatic carbocycles. The SMILES string of the molecule is COCCOc1c(Cl)cccc1NC(=O)NC(C)c1ccccn1. The van der Waals surface area contributed by atoms with Gasteiger partial charge >= 0.3 is 6.03 Å². The molecule has 128 valence electrons. The van der Waals surface area contributed by atoms with Crippen LogP contribution in [0.1, 0.15) is 18.7 Å². The fraction of sp³-hybridized carbons (Fsp3) is 0.294. The molecule has 2 N–H and O–H groups in total. The fourth-order valence-electron chi connectivity index (χ4n) is 2.04. The van der Waals surface area contributed by atoms with Crippen LogP contribution in [0.25, 0.3) is 0 Å². The molecule has 6 nitrogen and oxygen atoms in total. The molecule has 2 aromatic rings. The van der Waals surface area contributed by atoms with Gasteiger partial charge in [-0.25, -0.2) is 4.79 Å². The van der Waals surface area contributed by atoms with E-state index >= 15 is 0 Å². The number of nitrogens with one attached hydrogen (secondary N) is 2. The Bertz CT molecular complexity index is 667. The Balaban J connectivity index is 2.02. The minimum atomic E-state index is -0.369. The molecule has 1 unspecified atom stereocenters. The van der Waals surface area contributed by atoms with Crippen LogP contribution in [-0.4, -0.2) is 31.3 Å². The van der Waals surface area contributed by atoms with Crippen molar-refractivity contribution in [2.45, 2.75) is 13.0 Å². The fourth-order valence-corrected chi connectivity index (χ4v) is 2.27. The van der Waals surface area contributed by atoms with E-state index in [0.29, 0.717) is 29.7 Å². The lowest BCUT2D eigenvalue weighted by Crippen LogP contribution is -2.31. The average molecular weight is 350 g/mol. The molecule has 0 spiro atoms. The summed E-state index contributed by atoms with van der Waals surface area (Å²) in [7, 11) is 1.58. The van der Waals surface area contributed by atoms with E-state index < -0.39 is 0 Å². The summed E-state index contributed by atoms with van der Waals surface area (Å²) in [6.07, 6.45) is 1.68. The third-order valence-electron chi connectivity index (χ3n) is 3.23. The Hall–Kier alpha value is -2.31. The Morgan fingerprint density at radius 3 is 2.79 bits per heavy atom. The molecule has 0 radical (unpaired) electrons. The topological polar surface area (TPSA) is 72.5 Å². The monoisotopic (exact) mass is 349 g/mol. The second-order valence-corrected chi connectivity index (χ2v) is 5.44. The van der Waals surface area contributed by atoms with Crippen molar-refractivity contribution in [1.82, 2.24) is 10.3 Å².